The van der Waals surface area contributed by atoms with Crippen LogP contribution in [-0.4, -0.2) is 16.7 Å². The first-order valence-corrected chi connectivity index (χ1v) is 9.00. The monoisotopic (exact) mass is 392 g/mol. The second-order valence-corrected chi connectivity index (χ2v) is 6.55. The Morgan fingerprint density at radius 1 is 1.29 bits per heavy atom. The number of anilines is 1. The zero-order valence-electron chi connectivity index (χ0n) is 14.3. The zero-order valence-corrected chi connectivity index (χ0v) is 15.1. The minimum absolute atomic E-state index is 0.0729. The molecule has 1 aliphatic rings. The van der Waals surface area contributed by atoms with Crippen molar-refractivity contribution >= 4 is 28.3 Å². The van der Waals surface area contributed by atoms with E-state index in [1.165, 1.54) is 23.6 Å². The van der Waals surface area contributed by atoms with Crippen LogP contribution in [0.5, 0.6) is 11.5 Å². The first kappa shape index (κ1) is 17.5. The summed E-state index contributed by atoms with van der Waals surface area (Å²) in [4.78, 5) is 15.1. The van der Waals surface area contributed by atoms with Gasteiger partial charge in [0.2, 0.25) is 6.79 Å². The van der Waals surface area contributed by atoms with Crippen LogP contribution in [0.2, 0.25) is 0 Å². The third-order valence-electron chi connectivity index (χ3n) is 4.00. The van der Waals surface area contributed by atoms with Crippen molar-refractivity contribution in [2.75, 3.05) is 12.1 Å². The Kier molecular flexibility index (Phi) is 4.62. The lowest BCUT2D eigenvalue weighted by Gasteiger charge is -2.02. The highest BCUT2D eigenvalue weighted by atomic mass is 32.1. The van der Waals surface area contributed by atoms with Crippen molar-refractivity contribution < 1.29 is 14.4 Å². The maximum absolute atomic E-state index is 11.1. The average Bonchev–Trinajstić information content (AvgIpc) is 3.37. The predicted molar refractivity (Wildman–Crippen MR) is 104 cm³/mol. The molecule has 1 N–H and O–H groups in total. The van der Waals surface area contributed by atoms with Crippen molar-refractivity contribution in [1.82, 2.24) is 4.98 Å². The van der Waals surface area contributed by atoms with Crippen LogP contribution in [0.4, 0.5) is 11.4 Å². The SMILES string of the molecule is N#CC(=CNc1ccccc1[N+](=O)[O-])c1nc(-c2ccc3c(c2)OCO3)cs1. The Balaban J connectivity index is 1.59. The van der Waals surface area contributed by atoms with Crippen molar-refractivity contribution in [3.63, 3.8) is 0 Å². The number of nitrogens with one attached hydrogen (secondary N) is 1. The van der Waals surface area contributed by atoms with Gasteiger partial charge >= 0.3 is 0 Å². The van der Waals surface area contributed by atoms with Crippen LogP contribution in [-0.2, 0) is 0 Å². The number of nitrogens with zero attached hydrogens (tertiary/aromatic N) is 3. The number of rotatable bonds is 5. The van der Waals surface area contributed by atoms with Crippen molar-refractivity contribution in [2.24, 2.45) is 0 Å². The second-order valence-electron chi connectivity index (χ2n) is 5.69. The maximum Gasteiger partial charge on any atom is 0.292 e. The molecule has 0 atom stereocenters. The molecule has 0 amide bonds. The summed E-state index contributed by atoms with van der Waals surface area (Å²) in [7, 11) is 0. The third kappa shape index (κ3) is 3.36. The van der Waals surface area contributed by atoms with Gasteiger partial charge < -0.3 is 14.8 Å². The number of nitro benzene ring substituents is 1. The summed E-state index contributed by atoms with van der Waals surface area (Å²) >= 11 is 1.31. The highest BCUT2D eigenvalue weighted by Crippen LogP contribution is 2.36. The van der Waals surface area contributed by atoms with Crippen molar-refractivity contribution in [3.05, 3.63) is 69.2 Å². The highest BCUT2D eigenvalue weighted by Gasteiger charge is 2.16. The van der Waals surface area contributed by atoms with Gasteiger partial charge in [0.25, 0.3) is 5.69 Å². The number of aromatic nitrogens is 1. The van der Waals surface area contributed by atoms with Gasteiger partial charge in [0.05, 0.1) is 10.6 Å². The summed E-state index contributed by atoms with van der Waals surface area (Å²) in [6.07, 6.45) is 1.42. The molecule has 1 aromatic heterocycles. The number of para-hydroxylation sites is 2. The van der Waals surface area contributed by atoms with Crippen LogP contribution in [0.3, 0.4) is 0 Å². The maximum atomic E-state index is 11.1. The van der Waals surface area contributed by atoms with Gasteiger partial charge in [0.1, 0.15) is 22.3 Å². The number of fused-ring (bicyclic) bond motifs is 1. The number of nitriles is 1. The van der Waals surface area contributed by atoms with E-state index in [9.17, 15) is 15.4 Å². The van der Waals surface area contributed by atoms with Gasteiger partial charge in [-0.3, -0.25) is 10.1 Å². The van der Waals surface area contributed by atoms with Gasteiger partial charge in [0, 0.05) is 23.2 Å². The van der Waals surface area contributed by atoms with E-state index in [2.05, 4.69) is 16.4 Å². The number of allylic oxidation sites excluding steroid dienone is 1. The van der Waals surface area contributed by atoms with Gasteiger partial charge in [-0.15, -0.1) is 11.3 Å². The third-order valence-corrected chi connectivity index (χ3v) is 4.87. The molecule has 0 saturated carbocycles. The number of hydrogen-bond donors (Lipinski definition) is 1. The number of thiazole rings is 1. The molecule has 3 aromatic rings. The van der Waals surface area contributed by atoms with Crippen molar-refractivity contribution in [3.8, 4) is 28.8 Å². The molecule has 0 radical (unpaired) electrons. The van der Waals surface area contributed by atoms with Gasteiger partial charge in [-0.25, -0.2) is 4.98 Å². The quantitative estimate of drug-likeness (QED) is 0.389. The summed E-state index contributed by atoms with van der Waals surface area (Å²) in [5.74, 6) is 1.34. The minimum atomic E-state index is -0.483. The Labute approximate surface area is 163 Å². The lowest BCUT2D eigenvalue weighted by molar-refractivity contribution is -0.383. The van der Waals surface area contributed by atoms with Crippen LogP contribution >= 0.6 is 11.3 Å². The van der Waals surface area contributed by atoms with E-state index in [0.717, 1.165) is 5.56 Å². The van der Waals surface area contributed by atoms with Gasteiger partial charge in [-0.2, -0.15) is 5.26 Å². The van der Waals surface area contributed by atoms with E-state index in [-0.39, 0.29) is 18.1 Å². The molecular formula is C19H12N4O4S. The molecule has 8 nitrogen and oxygen atoms in total. The van der Waals surface area contributed by atoms with E-state index in [0.29, 0.717) is 27.9 Å². The van der Waals surface area contributed by atoms with E-state index in [1.54, 1.807) is 18.2 Å². The number of nitro groups is 1. The van der Waals surface area contributed by atoms with Crippen LogP contribution in [0, 0.1) is 21.4 Å². The standard InChI is InChI=1S/C19H12N4O4S/c20-8-13(9-21-14-3-1-2-4-16(14)23(24)25)19-22-15(10-28-19)12-5-6-17-18(7-12)27-11-26-17/h1-7,9-10,21H,11H2. The molecular weight excluding hydrogens is 380 g/mol. The minimum Gasteiger partial charge on any atom is -0.454 e. The summed E-state index contributed by atoms with van der Waals surface area (Å²) in [5, 5.41) is 25.7. The molecule has 0 unspecified atom stereocenters. The number of hydrogen-bond acceptors (Lipinski definition) is 8. The van der Waals surface area contributed by atoms with Crippen molar-refractivity contribution in [1.29, 1.82) is 5.26 Å². The number of benzene rings is 2. The Bertz CT molecular complexity index is 1130. The fourth-order valence-electron chi connectivity index (χ4n) is 2.63. The van der Waals surface area contributed by atoms with E-state index >= 15 is 0 Å². The van der Waals surface area contributed by atoms with Gasteiger partial charge in [-0.1, -0.05) is 12.1 Å². The molecule has 0 bridgehead atoms. The van der Waals surface area contributed by atoms with Gasteiger partial charge in [-0.05, 0) is 24.3 Å². The predicted octanol–water partition coefficient (Wildman–Crippen LogP) is 4.42. The van der Waals surface area contributed by atoms with Crippen LogP contribution in [0.25, 0.3) is 16.8 Å². The summed E-state index contributed by atoms with van der Waals surface area (Å²) in [6, 6.07) is 13.8. The van der Waals surface area contributed by atoms with Crippen LogP contribution in [0.1, 0.15) is 5.01 Å². The smallest absolute Gasteiger partial charge is 0.292 e. The molecule has 2 heterocycles. The first-order chi connectivity index (χ1) is 13.7. The van der Waals surface area contributed by atoms with Crippen molar-refractivity contribution in [2.45, 2.75) is 0 Å². The molecule has 4 rings (SSSR count). The second kappa shape index (κ2) is 7.38. The fraction of sp³-hybridized carbons (Fsp3) is 0.0526. The summed E-state index contributed by atoms with van der Waals surface area (Å²) < 4.78 is 10.7. The summed E-state index contributed by atoms with van der Waals surface area (Å²) in [5.41, 5.74) is 2.04. The normalized spacial score (nSPS) is 12.5. The zero-order chi connectivity index (χ0) is 19.5. The average molecular weight is 392 g/mol. The molecule has 9 heteroatoms. The Morgan fingerprint density at radius 3 is 2.93 bits per heavy atom. The highest BCUT2D eigenvalue weighted by molar-refractivity contribution is 7.11. The number of ether oxygens (including phenoxy) is 2. The molecule has 138 valence electrons. The lowest BCUT2D eigenvalue weighted by Crippen LogP contribution is -1.96. The molecule has 0 saturated heterocycles. The summed E-state index contributed by atoms with van der Waals surface area (Å²) in [6.45, 7) is 0.194. The van der Waals surface area contributed by atoms with E-state index < -0.39 is 4.92 Å². The Hall–Kier alpha value is -3.90. The van der Waals surface area contributed by atoms with E-state index in [4.69, 9.17) is 9.47 Å². The Morgan fingerprint density at radius 2 is 2.11 bits per heavy atom. The molecule has 0 fully saturated rings. The molecule has 0 aliphatic carbocycles. The van der Waals surface area contributed by atoms with Crippen LogP contribution in [0.15, 0.2) is 54.0 Å². The molecule has 0 spiro atoms. The largest absolute Gasteiger partial charge is 0.454 e. The molecule has 2 aromatic carbocycles. The molecule has 28 heavy (non-hydrogen) atoms. The fourth-order valence-corrected chi connectivity index (χ4v) is 3.43. The molecule has 1 aliphatic heterocycles. The topological polar surface area (TPSA) is 110 Å². The first-order valence-electron chi connectivity index (χ1n) is 8.12. The van der Waals surface area contributed by atoms with E-state index in [1.807, 2.05) is 23.6 Å². The lowest BCUT2D eigenvalue weighted by atomic mass is 10.1. The van der Waals surface area contributed by atoms with Crippen LogP contribution < -0.4 is 14.8 Å². The van der Waals surface area contributed by atoms with Gasteiger partial charge in [0.15, 0.2) is 11.5 Å².